The van der Waals surface area contributed by atoms with E-state index in [1.54, 1.807) is 0 Å². The molecule has 0 radical (unpaired) electrons. The molecule has 0 bridgehead atoms. The summed E-state index contributed by atoms with van der Waals surface area (Å²) in [6.45, 7) is 3.30. The molecule has 1 aliphatic heterocycles. The fraction of sp³-hybridized carbons (Fsp3) is 0.421. The van der Waals surface area contributed by atoms with Crippen molar-refractivity contribution in [2.24, 2.45) is 0 Å². The fourth-order valence-electron chi connectivity index (χ4n) is 3.66. The summed E-state index contributed by atoms with van der Waals surface area (Å²) in [4.78, 5) is 14.1. The van der Waals surface area contributed by atoms with Gasteiger partial charge in [0.1, 0.15) is 0 Å². The van der Waals surface area contributed by atoms with Gasteiger partial charge in [-0.2, -0.15) is 0 Å². The third kappa shape index (κ3) is 2.86. The predicted octanol–water partition coefficient (Wildman–Crippen LogP) is 3.93. The van der Waals surface area contributed by atoms with E-state index in [0.29, 0.717) is 18.5 Å². The van der Waals surface area contributed by atoms with Crippen LogP contribution in [0.2, 0.25) is 0 Å². The summed E-state index contributed by atoms with van der Waals surface area (Å²) >= 11 is 0. The van der Waals surface area contributed by atoms with Crippen LogP contribution in [-0.2, 0) is 9.53 Å². The highest BCUT2D eigenvalue weighted by molar-refractivity contribution is 5.86. The molecule has 1 saturated heterocycles. The number of benzene rings is 2. The molecule has 1 heterocycles. The molecular weight excluding hydrogens is 274 g/mol. The van der Waals surface area contributed by atoms with Crippen LogP contribution in [0.15, 0.2) is 42.5 Å². The van der Waals surface area contributed by atoms with E-state index in [1.165, 1.54) is 23.4 Å². The van der Waals surface area contributed by atoms with E-state index in [9.17, 15) is 4.79 Å². The summed E-state index contributed by atoms with van der Waals surface area (Å²) in [6.07, 6.45) is 2.71. The van der Waals surface area contributed by atoms with E-state index in [2.05, 4.69) is 54.3 Å². The Kier molecular flexibility index (Phi) is 4.44. The number of ether oxygens (including phenoxy) is 1. The Hall–Kier alpha value is -1.87. The molecule has 2 atom stereocenters. The number of carbonyl (C=O) groups is 1. The number of hydrogen-bond donors (Lipinski definition) is 0. The summed E-state index contributed by atoms with van der Waals surface area (Å²) in [5.74, 6) is -0.109. The molecule has 0 N–H and O–H groups in total. The first-order valence-corrected chi connectivity index (χ1v) is 8.01. The molecule has 2 aromatic rings. The molecule has 0 aliphatic carbocycles. The summed E-state index contributed by atoms with van der Waals surface area (Å²) in [6, 6.07) is 15.6. The third-order valence-corrected chi connectivity index (χ3v) is 4.82. The largest absolute Gasteiger partial charge is 0.469 e. The molecule has 3 heteroatoms. The van der Waals surface area contributed by atoms with Crippen molar-refractivity contribution in [3.8, 4) is 0 Å². The lowest BCUT2D eigenvalue weighted by molar-refractivity contribution is -0.142. The Bertz CT molecular complexity index is 662. The van der Waals surface area contributed by atoms with Gasteiger partial charge in [-0.3, -0.25) is 9.69 Å². The van der Waals surface area contributed by atoms with Crippen LogP contribution in [0.3, 0.4) is 0 Å². The normalized spacial score (nSPS) is 20.2. The van der Waals surface area contributed by atoms with Crippen LogP contribution >= 0.6 is 0 Å². The van der Waals surface area contributed by atoms with Gasteiger partial charge in [0.15, 0.2) is 0 Å². The number of hydrogen-bond acceptors (Lipinski definition) is 3. The Labute approximate surface area is 131 Å². The van der Waals surface area contributed by atoms with Gasteiger partial charge in [-0.25, -0.2) is 0 Å². The van der Waals surface area contributed by atoms with Gasteiger partial charge in [0.25, 0.3) is 0 Å². The zero-order chi connectivity index (χ0) is 15.5. The summed E-state index contributed by atoms with van der Waals surface area (Å²) in [5.41, 5.74) is 1.34. The lowest BCUT2D eigenvalue weighted by Gasteiger charge is -2.31. The molecule has 1 fully saturated rings. The van der Waals surface area contributed by atoms with Crippen LogP contribution in [0.1, 0.15) is 37.8 Å². The van der Waals surface area contributed by atoms with Gasteiger partial charge < -0.3 is 4.74 Å². The summed E-state index contributed by atoms with van der Waals surface area (Å²) < 4.78 is 4.85. The van der Waals surface area contributed by atoms with Gasteiger partial charge in [-0.05, 0) is 42.6 Å². The van der Waals surface area contributed by atoms with Gasteiger partial charge in [-0.1, -0.05) is 42.5 Å². The highest BCUT2D eigenvalue weighted by atomic mass is 16.5. The Balaban J connectivity index is 1.88. The topological polar surface area (TPSA) is 29.5 Å². The molecule has 0 unspecified atom stereocenters. The first kappa shape index (κ1) is 15.0. The minimum absolute atomic E-state index is 0.109. The maximum Gasteiger partial charge on any atom is 0.307 e. The standard InChI is InChI=1S/C19H23NO2/c1-14(20-12-6-9-16(20)13-19(21)22-2)17-11-5-8-15-7-3-4-10-18(15)17/h3-5,7-8,10-11,14,16H,6,9,12-13H2,1-2H3/t14-,16+/m0/s1. The van der Waals surface area contributed by atoms with Gasteiger partial charge in [-0.15, -0.1) is 0 Å². The lowest BCUT2D eigenvalue weighted by atomic mass is 9.98. The van der Waals surface area contributed by atoms with Gasteiger partial charge >= 0.3 is 5.97 Å². The molecular formula is C19H23NO2. The molecule has 0 spiro atoms. The Morgan fingerprint density at radius 2 is 2.05 bits per heavy atom. The number of rotatable bonds is 4. The molecule has 22 heavy (non-hydrogen) atoms. The first-order chi connectivity index (χ1) is 10.7. The minimum atomic E-state index is -0.109. The van der Waals surface area contributed by atoms with Crippen molar-refractivity contribution >= 4 is 16.7 Å². The molecule has 116 valence electrons. The molecule has 0 saturated carbocycles. The van der Waals surface area contributed by atoms with E-state index >= 15 is 0 Å². The highest BCUT2D eigenvalue weighted by Gasteiger charge is 2.31. The SMILES string of the molecule is COC(=O)C[C@H]1CCCN1[C@@H](C)c1cccc2ccccc12. The third-order valence-electron chi connectivity index (χ3n) is 4.82. The zero-order valence-electron chi connectivity index (χ0n) is 13.3. The quantitative estimate of drug-likeness (QED) is 0.801. The van der Waals surface area contributed by atoms with Gasteiger partial charge in [0.05, 0.1) is 13.5 Å². The number of likely N-dealkylation sites (tertiary alicyclic amines) is 1. The van der Waals surface area contributed by atoms with Crippen LogP contribution in [0.5, 0.6) is 0 Å². The molecule has 1 aliphatic rings. The van der Waals surface area contributed by atoms with E-state index in [-0.39, 0.29) is 5.97 Å². The number of fused-ring (bicyclic) bond motifs is 1. The highest BCUT2D eigenvalue weighted by Crippen LogP contribution is 2.34. The second-order valence-corrected chi connectivity index (χ2v) is 6.06. The van der Waals surface area contributed by atoms with Crippen LogP contribution in [0.4, 0.5) is 0 Å². The van der Waals surface area contributed by atoms with Crippen molar-refractivity contribution in [2.75, 3.05) is 13.7 Å². The maximum absolute atomic E-state index is 11.6. The van der Waals surface area contributed by atoms with Crippen molar-refractivity contribution in [3.05, 3.63) is 48.0 Å². The van der Waals surface area contributed by atoms with Gasteiger partial charge in [0.2, 0.25) is 0 Å². The van der Waals surface area contributed by atoms with Crippen molar-refractivity contribution in [2.45, 2.75) is 38.3 Å². The summed E-state index contributed by atoms with van der Waals surface area (Å²) in [5, 5.41) is 2.58. The number of carbonyl (C=O) groups excluding carboxylic acids is 1. The second kappa shape index (κ2) is 6.49. The monoisotopic (exact) mass is 297 g/mol. The summed E-state index contributed by atoms with van der Waals surface area (Å²) in [7, 11) is 1.47. The fourth-order valence-corrected chi connectivity index (χ4v) is 3.66. The Morgan fingerprint density at radius 1 is 1.27 bits per heavy atom. The first-order valence-electron chi connectivity index (χ1n) is 8.01. The lowest BCUT2D eigenvalue weighted by Crippen LogP contribution is -2.34. The number of methoxy groups -OCH3 is 1. The van der Waals surface area contributed by atoms with Crippen molar-refractivity contribution < 1.29 is 9.53 Å². The van der Waals surface area contributed by atoms with Crippen LogP contribution in [0.25, 0.3) is 10.8 Å². The maximum atomic E-state index is 11.6. The van der Waals surface area contributed by atoms with E-state index in [0.717, 1.165) is 19.4 Å². The second-order valence-electron chi connectivity index (χ2n) is 6.06. The van der Waals surface area contributed by atoms with Crippen LogP contribution in [0, 0.1) is 0 Å². The van der Waals surface area contributed by atoms with E-state index in [4.69, 9.17) is 4.74 Å². The average molecular weight is 297 g/mol. The van der Waals surface area contributed by atoms with Crippen LogP contribution in [-0.4, -0.2) is 30.6 Å². The average Bonchev–Trinajstić information content (AvgIpc) is 3.01. The smallest absolute Gasteiger partial charge is 0.307 e. The molecule has 2 aromatic carbocycles. The molecule has 3 nitrogen and oxygen atoms in total. The molecule has 0 aromatic heterocycles. The molecule has 3 rings (SSSR count). The van der Waals surface area contributed by atoms with E-state index < -0.39 is 0 Å². The minimum Gasteiger partial charge on any atom is -0.469 e. The Morgan fingerprint density at radius 3 is 2.86 bits per heavy atom. The van der Waals surface area contributed by atoms with Crippen molar-refractivity contribution in [1.29, 1.82) is 0 Å². The number of esters is 1. The number of nitrogens with zero attached hydrogens (tertiary/aromatic N) is 1. The molecule has 0 amide bonds. The van der Waals surface area contributed by atoms with Crippen molar-refractivity contribution in [1.82, 2.24) is 4.90 Å². The van der Waals surface area contributed by atoms with Crippen LogP contribution < -0.4 is 0 Å². The zero-order valence-corrected chi connectivity index (χ0v) is 13.3. The predicted molar refractivity (Wildman–Crippen MR) is 88.7 cm³/mol. The van der Waals surface area contributed by atoms with Crippen molar-refractivity contribution in [3.63, 3.8) is 0 Å². The van der Waals surface area contributed by atoms with Gasteiger partial charge in [0, 0.05) is 12.1 Å². The van der Waals surface area contributed by atoms with E-state index in [1.807, 2.05) is 0 Å².